The molecule has 4 heteroatoms. The van der Waals surface area contributed by atoms with Crippen LogP contribution in [-0.2, 0) is 9.59 Å². The number of carbonyl (C=O) groups excluding carboxylic acids is 2. The first kappa shape index (κ1) is 14.0. The number of amides is 2. The molecule has 1 heterocycles. The fourth-order valence-corrected chi connectivity index (χ4v) is 2.29. The third-order valence-electron chi connectivity index (χ3n) is 3.49. The average Bonchev–Trinajstić information content (AvgIpc) is 2.29. The van der Waals surface area contributed by atoms with Crippen LogP contribution in [0.3, 0.4) is 0 Å². The molecule has 1 saturated heterocycles. The van der Waals surface area contributed by atoms with E-state index in [-0.39, 0.29) is 23.8 Å². The van der Waals surface area contributed by atoms with Gasteiger partial charge < -0.3 is 10.2 Å². The van der Waals surface area contributed by atoms with Crippen LogP contribution in [0.4, 0.5) is 0 Å². The molecule has 0 radical (unpaired) electrons. The molecule has 1 N–H and O–H groups in total. The standard InChI is InChI=1S/C13H24N2O2/c1-4-5-8-14-13(17)12-7-6-10(2)15(9-12)11(3)16/h10,12H,4-9H2,1-3H3,(H,14,17)/t10-,12-/m0/s1. The fourth-order valence-electron chi connectivity index (χ4n) is 2.29. The second-order valence-corrected chi connectivity index (χ2v) is 4.94. The van der Waals surface area contributed by atoms with E-state index in [1.807, 2.05) is 11.8 Å². The first-order valence-corrected chi connectivity index (χ1v) is 6.61. The lowest BCUT2D eigenvalue weighted by atomic mass is 9.92. The van der Waals surface area contributed by atoms with Gasteiger partial charge in [-0.2, -0.15) is 0 Å². The molecule has 2 amide bonds. The smallest absolute Gasteiger partial charge is 0.224 e. The highest BCUT2D eigenvalue weighted by atomic mass is 16.2. The summed E-state index contributed by atoms with van der Waals surface area (Å²) in [5.74, 6) is 0.159. The van der Waals surface area contributed by atoms with E-state index >= 15 is 0 Å². The lowest BCUT2D eigenvalue weighted by molar-refractivity contribution is -0.136. The lowest BCUT2D eigenvalue weighted by Gasteiger charge is -2.36. The van der Waals surface area contributed by atoms with Gasteiger partial charge in [0.25, 0.3) is 0 Å². The summed E-state index contributed by atoms with van der Waals surface area (Å²) >= 11 is 0. The van der Waals surface area contributed by atoms with Crippen molar-refractivity contribution in [1.29, 1.82) is 0 Å². The van der Waals surface area contributed by atoms with Gasteiger partial charge in [0.2, 0.25) is 11.8 Å². The minimum atomic E-state index is -0.0213. The summed E-state index contributed by atoms with van der Waals surface area (Å²) in [5, 5.41) is 2.95. The number of nitrogens with zero attached hydrogens (tertiary/aromatic N) is 1. The number of carbonyl (C=O) groups is 2. The van der Waals surface area contributed by atoms with Gasteiger partial charge >= 0.3 is 0 Å². The number of piperidine rings is 1. The number of hydrogen-bond acceptors (Lipinski definition) is 2. The number of nitrogens with one attached hydrogen (secondary N) is 1. The highest BCUT2D eigenvalue weighted by molar-refractivity contribution is 5.80. The number of unbranched alkanes of at least 4 members (excludes halogenated alkanes) is 1. The zero-order valence-electron chi connectivity index (χ0n) is 11.2. The monoisotopic (exact) mass is 240 g/mol. The summed E-state index contributed by atoms with van der Waals surface area (Å²) in [5.41, 5.74) is 0. The Hall–Kier alpha value is -1.06. The predicted octanol–water partition coefficient (Wildman–Crippen LogP) is 1.55. The Morgan fingerprint density at radius 1 is 1.35 bits per heavy atom. The Kier molecular flexibility index (Phi) is 5.45. The van der Waals surface area contributed by atoms with E-state index in [0.29, 0.717) is 6.54 Å². The maximum Gasteiger partial charge on any atom is 0.224 e. The summed E-state index contributed by atoms with van der Waals surface area (Å²) in [6, 6.07) is 0.271. The third kappa shape index (κ3) is 4.02. The molecule has 0 aliphatic carbocycles. The van der Waals surface area contributed by atoms with E-state index in [1.54, 1.807) is 6.92 Å². The number of hydrogen-bond donors (Lipinski definition) is 1. The second kappa shape index (κ2) is 6.62. The second-order valence-electron chi connectivity index (χ2n) is 4.94. The molecule has 2 atom stereocenters. The summed E-state index contributed by atoms with van der Waals surface area (Å²) < 4.78 is 0. The molecule has 4 nitrogen and oxygen atoms in total. The van der Waals surface area contributed by atoms with Crippen LogP contribution in [0.5, 0.6) is 0 Å². The van der Waals surface area contributed by atoms with Crippen molar-refractivity contribution in [1.82, 2.24) is 10.2 Å². The minimum Gasteiger partial charge on any atom is -0.356 e. The van der Waals surface area contributed by atoms with Crippen LogP contribution in [-0.4, -0.2) is 35.8 Å². The van der Waals surface area contributed by atoms with Crippen molar-refractivity contribution in [3.05, 3.63) is 0 Å². The summed E-state index contributed by atoms with van der Waals surface area (Å²) in [7, 11) is 0. The minimum absolute atomic E-state index is 0.0213. The topological polar surface area (TPSA) is 49.4 Å². The van der Waals surface area contributed by atoms with Gasteiger partial charge in [-0.1, -0.05) is 13.3 Å². The molecule has 1 aliphatic heterocycles. The molecule has 1 rings (SSSR count). The third-order valence-corrected chi connectivity index (χ3v) is 3.49. The highest BCUT2D eigenvalue weighted by Gasteiger charge is 2.30. The van der Waals surface area contributed by atoms with Crippen molar-refractivity contribution >= 4 is 11.8 Å². The normalized spacial score (nSPS) is 24.5. The lowest BCUT2D eigenvalue weighted by Crippen LogP contribution is -2.48. The number of rotatable bonds is 4. The predicted molar refractivity (Wildman–Crippen MR) is 67.5 cm³/mol. The zero-order chi connectivity index (χ0) is 12.8. The average molecular weight is 240 g/mol. The van der Waals surface area contributed by atoms with Gasteiger partial charge in [-0.3, -0.25) is 9.59 Å². The van der Waals surface area contributed by atoms with E-state index < -0.39 is 0 Å². The van der Waals surface area contributed by atoms with Crippen LogP contribution < -0.4 is 5.32 Å². The Bertz CT molecular complexity index is 279. The van der Waals surface area contributed by atoms with Crippen molar-refractivity contribution in [3.8, 4) is 0 Å². The zero-order valence-corrected chi connectivity index (χ0v) is 11.2. The van der Waals surface area contributed by atoms with E-state index in [2.05, 4.69) is 12.2 Å². The Morgan fingerprint density at radius 2 is 2.06 bits per heavy atom. The number of likely N-dealkylation sites (tertiary alicyclic amines) is 1. The van der Waals surface area contributed by atoms with Crippen LogP contribution in [0.2, 0.25) is 0 Å². The molecule has 0 aromatic heterocycles. The van der Waals surface area contributed by atoms with Gasteiger partial charge in [-0.15, -0.1) is 0 Å². The van der Waals surface area contributed by atoms with Crippen LogP contribution in [0.25, 0.3) is 0 Å². The van der Waals surface area contributed by atoms with E-state index in [9.17, 15) is 9.59 Å². The maximum absolute atomic E-state index is 11.9. The molecule has 0 unspecified atom stereocenters. The molecular formula is C13H24N2O2. The van der Waals surface area contributed by atoms with Gasteiger partial charge in [-0.25, -0.2) is 0 Å². The molecule has 0 spiro atoms. The van der Waals surface area contributed by atoms with Gasteiger partial charge in [-0.05, 0) is 26.2 Å². The summed E-state index contributed by atoms with van der Waals surface area (Å²) in [6.45, 7) is 7.06. The van der Waals surface area contributed by atoms with Gasteiger partial charge in [0.05, 0.1) is 5.92 Å². The Labute approximate surface area is 104 Å². The van der Waals surface area contributed by atoms with Crippen molar-refractivity contribution in [2.75, 3.05) is 13.1 Å². The molecule has 1 aliphatic rings. The first-order chi connectivity index (χ1) is 8.06. The van der Waals surface area contributed by atoms with Gasteiger partial charge in [0.1, 0.15) is 0 Å². The molecule has 98 valence electrons. The molecule has 0 aromatic rings. The molecule has 17 heavy (non-hydrogen) atoms. The van der Waals surface area contributed by atoms with Crippen LogP contribution >= 0.6 is 0 Å². The van der Waals surface area contributed by atoms with E-state index in [0.717, 1.165) is 32.2 Å². The van der Waals surface area contributed by atoms with Crippen LogP contribution in [0, 0.1) is 5.92 Å². The summed E-state index contributed by atoms with van der Waals surface area (Å²) in [6.07, 6.45) is 3.92. The van der Waals surface area contributed by atoms with Crippen LogP contribution in [0.15, 0.2) is 0 Å². The van der Waals surface area contributed by atoms with Crippen molar-refractivity contribution in [2.24, 2.45) is 5.92 Å². The Morgan fingerprint density at radius 3 is 2.65 bits per heavy atom. The van der Waals surface area contributed by atoms with Gasteiger partial charge in [0.15, 0.2) is 0 Å². The summed E-state index contributed by atoms with van der Waals surface area (Å²) in [4.78, 5) is 25.1. The SMILES string of the molecule is CCCCNC(=O)[C@H]1CC[C@H](C)N(C(C)=O)C1. The van der Waals surface area contributed by atoms with Gasteiger partial charge in [0, 0.05) is 26.1 Å². The molecule has 1 fully saturated rings. The largest absolute Gasteiger partial charge is 0.356 e. The van der Waals surface area contributed by atoms with E-state index in [4.69, 9.17) is 0 Å². The van der Waals surface area contributed by atoms with Crippen molar-refractivity contribution < 1.29 is 9.59 Å². The first-order valence-electron chi connectivity index (χ1n) is 6.61. The molecular weight excluding hydrogens is 216 g/mol. The fraction of sp³-hybridized carbons (Fsp3) is 0.846. The highest BCUT2D eigenvalue weighted by Crippen LogP contribution is 2.22. The molecule has 0 saturated carbocycles. The maximum atomic E-state index is 11.9. The Balaban J connectivity index is 2.44. The van der Waals surface area contributed by atoms with Crippen LogP contribution in [0.1, 0.15) is 46.5 Å². The molecule has 0 bridgehead atoms. The van der Waals surface area contributed by atoms with Crippen molar-refractivity contribution in [2.45, 2.75) is 52.5 Å². The molecule has 0 aromatic carbocycles. The van der Waals surface area contributed by atoms with E-state index in [1.165, 1.54) is 0 Å². The van der Waals surface area contributed by atoms with Crippen molar-refractivity contribution in [3.63, 3.8) is 0 Å². The quantitative estimate of drug-likeness (QED) is 0.758.